The number of rotatable bonds is 3. The summed E-state index contributed by atoms with van der Waals surface area (Å²) < 4.78 is 41.8. The molecule has 0 aliphatic carbocycles. The molecular weight excluding hydrogens is 500 g/mol. The molecule has 0 radical (unpaired) electrons. The second-order valence-corrected chi connectivity index (χ2v) is 10.2. The van der Waals surface area contributed by atoms with Gasteiger partial charge in [0, 0.05) is 36.3 Å². The number of aromatic nitrogens is 2. The normalized spacial score (nSPS) is 21.5. The van der Waals surface area contributed by atoms with E-state index < -0.39 is 5.82 Å². The third-order valence-electron chi connectivity index (χ3n) is 7.87. The fourth-order valence-electron chi connectivity index (χ4n) is 6.11. The molecule has 0 saturated carbocycles. The molecule has 39 heavy (non-hydrogen) atoms. The van der Waals surface area contributed by atoms with Gasteiger partial charge in [-0.15, -0.1) is 0 Å². The van der Waals surface area contributed by atoms with Crippen molar-refractivity contribution in [3.05, 3.63) is 88.5 Å². The van der Waals surface area contributed by atoms with Crippen LogP contribution in [0.4, 0.5) is 14.7 Å². The van der Waals surface area contributed by atoms with Crippen molar-refractivity contribution in [2.75, 3.05) is 31.6 Å². The van der Waals surface area contributed by atoms with E-state index in [4.69, 9.17) is 14.5 Å². The van der Waals surface area contributed by atoms with Gasteiger partial charge in [-0.1, -0.05) is 12.1 Å². The summed E-state index contributed by atoms with van der Waals surface area (Å²) in [7, 11) is 0. The molecule has 9 heteroatoms. The zero-order chi connectivity index (χ0) is 26.5. The number of ether oxygens (including phenoxy) is 2. The molecule has 4 heterocycles. The fourth-order valence-corrected chi connectivity index (χ4v) is 6.11. The third kappa shape index (κ3) is 4.22. The minimum atomic E-state index is -0.399. The second kappa shape index (κ2) is 9.49. The molecule has 2 fully saturated rings. The number of nitrogens with one attached hydrogen (secondary N) is 1. The van der Waals surface area contributed by atoms with Crippen LogP contribution in [0.1, 0.15) is 34.7 Å². The van der Waals surface area contributed by atoms with Crippen molar-refractivity contribution >= 4 is 28.6 Å². The Balaban J connectivity index is 1.33. The molecular formula is C30H25F2N5O2. The first-order valence-corrected chi connectivity index (χ1v) is 13.0. The van der Waals surface area contributed by atoms with Gasteiger partial charge in [0.25, 0.3) is 0 Å². The van der Waals surface area contributed by atoms with Crippen LogP contribution in [0.5, 0.6) is 5.75 Å². The van der Waals surface area contributed by atoms with E-state index in [0.29, 0.717) is 23.3 Å². The molecule has 3 aliphatic rings. The van der Waals surface area contributed by atoms with Crippen LogP contribution in [0.15, 0.2) is 54.6 Å². The molecule has 4 aromatic rings. The molecule has 0 bridgehead atoms. The Morgan fingerprint density at radius 2 is 1.87 bits per heavy atom. The number of hydrogen-bond donors (Lipinski definition) is 1. The van der Waals surface area contributed by atoms with Crippen molar-refractivity contribution in [3.63, 3.8) is 0 Å². The molecule has 0 spiro atoms. The predicted octanol–water partition coefficient (Wildman–Crippen LogP) is 5.33. The maximum absolute atomic E-state index is 14.1. The molecule has 7 rings (SSSR count). The lowest BCUT2D eigenvalue weighted by Gasteiger charge is -2.28. The van der Waals surface area contributed by atoms with Crippen molar-refractivity contribution in [2.24, 2.45) is 0 Å². The Morgan fingerprint density at radius 1 is 1.03 bits per heavy atom. The van der Waals surface area contributed by atoms with Gasteiger partial charge in [0.15, 0.2) is 6.19 Å². The van der Waals surface area contributed by atoms with E-state index in [1.54, 1.807) is 12.1 Å². The van der Waals surface area contributed by atoms with Crippen molar-refractivity contribution in [1.82, 2.24) is 14.5 Å². The summed E-state index contributed by atoms with van der Waals surface area (Å²) in [5.74, 6) is 0.176. The average molecular weight is 526 g/mol. The summed E-state index contributed by atoms with van der Waals surface area (Å²) in [4.78, 5) is 7.22. The molecule has 0 unspecified atom stereocenters. The summed E-state index contributed by atoms with van der Waals surface area (Å²) in [6.07, 6.45) is 4.95. The van der Waals surface area contributed by atoms with Gasteiger partial charge < -0.3 is 14.0 Å². The number of anilines is 1. The van der Waals surface area contributed by atoms with Crippen LogP contribution in [-0.2, 0) is 11.3 Å². The minimum Gasteiger partial charge on any atom is -0.488 e. The van der Waals surface area contributed by atoms with Crippen LogP contribution in [-0.4, -0.2) is 46.8 Å². The maximum atomic E-state index is 14.1. The van der Waals surface area contributed by atoms with Gasteiger partial charge in [-0.3, -0.25) is 10.2 Å². The van der Waals surface area contributed by atoms with E-state index in [2.05, 4.69) is 14.8 Å². The SMILES string of the molecule is N#CNc1nc2cc(C=C3c4ccc(F)cc4COc4cc(F)ccc43)ccc2n1[C@H]1C[C@@H]2COCCN2C1. The predicted molar refractivity (Wildman–Crippen MR) is 143 cm³/mol. The van der Waals surface area contributed by atoms with E-state index in [-0.39, 0.29) is 18.5 Å². The van der Waals surface area contributed by atoms with Crippen LogP contribution >= 0.6 is 0 Å². The highest BCUT2D eigenvalue weighted by Crippen LogP contribution is 2.39. The smallest absolute Gasteiger partial charge is 0.217 e. The fraction of sp³-hybridized carbons (Fsp3) is 0.267. The zero-order valence-corrected chi connectivity index (χ0v) is 21.0. The number of nitriles is 1. The number of nitrogens with zero attached hydrogens (tertiary/aromatic N) is 4. The van der Waals surface area contributed by atoms with Crippen molar-refractivity contribution in [2.45, 2.75) is 25.1 Å². The third-order valence-corrected chi connectivity index (χ3v) is 7.87. The molecule has 7 nitrogen and oxygen atoms in total. The number of hydrogen-bond acceptors (Lipinski definition) is 6. The first-order valence-electron chi connectivity index (χ1n) is 13.0. The van der Waals surface area contributed by atoms with Crippen LogP contribution in [0.25, 0.3) is 22.7 Å². The van der Waals surface area contributed by atoms with Crippen molar-refractivity contribution in [1.29, 1.82) is 5.26 Å². The van der Waals surface area contributed by atoms with E-state index in [9.17, 15) is 14.0 Å². The van der Waals surface area contributed by atoms with Gasteiger partial charge in [0.05, 0.1) is 30.3 Å². The van der Waals surface area contributed by atoms with Gasteiger partial charge in [0.2, 0.25) is 5.95 Å². The Bertz CT molecular complexity index is 1600. The summed E-state index contributed by atoms with van der Waals surface area (Å²) in [6.45, 7) is 3.39. The lowest BCUT2D eigenvalue weighted by Crippen LogP contribution is -2.40. The maximum Gasteiger partial charge on any atom is 0.217 e. The average Bonchev–Trinajstić information content (AvgIpc) is 3.47. The zero-order valence-electron chi connectivity index (χ0n) is 21.0. The molecule has 196 valence electrons. The highest BCUT2D eigenvalue weighted by atomic mass is 19.1. The second-order valence-electron chi connectivity index (χ2n) is 10.2. The molecule has 2 atom stereocenters. The minimum absolute atomic E-state index is 0.137. The van der Waals surface area contributed by atoms with Crippen LogP contribution in [0, 0.1) is 23.1 Å². The van der Waals surface area contributed by atoms with Gasteiger partial charge in [-0.05, 0) is 65.6 Å². The Hall–Kier alpha value is -4.26. The van der Waals surface area contributed by atoms with E-state index >= 15 is 0 Å². The van der Waals surface area contributed by atoms with E-state index in [1.165, 1.54) is 24.3 Å². The Labute approximate surface area is 223 Å². The summed E-state index contributed by atoms with van der Waals surface area (Å²) in [5, 5.41) is 12.2. The molecule has 3 aromatic carbocycles. The number of halogens is 2. The Morgan fingerprint density at radius 3 is 2.72 bits per heavy atom. The van der Waals surface area contributed by atoms with Gasteiger partial charge in [0.1, 0.15) is 24.0 Å². The summed E-state index contributed by atoms with van der Waals surface area (Å²) in [6, 6.07) is 15.6. The summed E-state index contributed by atoms with van der Waals surface area (Å²) in [5.41, 5.74) is 5.61. The van der Waals surface area contributed by atoms with Crippen molar-refractivity contribution < 1.29 is 18.3 Å². The Kier molecular flexibility index (Phi) is 5.80. The summed E-state index contributed by atoms with van der Waals surface area (Å²) >= 11 is 0. The first kappa shape index (κ1) is 23.8. The number of benzene rings is 3. The molecule has 0 amide bonds. The number of morpholine rings is 1. The molecule has 2 saturated heterocycles. The number of fused-ring (bicyclic) bond motifs is 4. The molecule has 1 N–H and O–H groups in total. The first-order chi connectivity index (χ1) is 19.1. The van der Waals surface area contributed by atoms with Gasteiger partial charge in [-0.2, -0.15) is 5.26 Å². The molecule has 1 aromatic heterocycles. The largest absolute Gasteiger partial charge is 0.488 e. The van der Waals surface area contributed by atoms with Crippen LogP contribution in [0.2, 0.25) is 0 Å². The van der Waals surface area contributed by atoms with E-state index in [1.807, 2.05) is 30.5 Å². The standard InChI is InChI=1S/C30H25F2N5O2/c31-20-2-4-24-19(11-20)15-39-29-12-21(32)3-5-25(29)26(24)9-18-1-6-28-27(10-18)35-30(34-17-33)37(28)22-13-23-16-38-8-7-36(23)14-22/h1-6,9-12,22-23H,7-8,13-16H2,(H,34,35)/t22-,23+/m0/s1. The molecule has 3 aliphatic heterocycles. The lowest BCUT2D eigenvalue weighted by atomic mass is 9.92. The van der Waals surface area contributed by atoms with Crippen LogP contribution in [0.3, 0.4) is 0 Å². The van der Waals surface area contributed by atoms with Crippen LogP contribution < -0.4 is 10.1 Å². The van der Waals surface area contributed by atoms with Crippen molar-refractivity contribution in [3.8, 4) is 11.9 Å². The topological polar surface area (TPSA) is 75.3 Å². The quantitative estimate of drug-likeness (QED) is 0.288. The monoisotopic (exact) mass is 525 g/mol. The van der Waals surface area contributed by atoms with Gasteiger partial charge >= 0.3 is 0 Å². The lowest BCUT2D eigenvalue weighted by molar-refractivity contribution is 0.0128. The highest BCUT2D eigenvalue weighted by molar-refractivity contribution is 5.96. The van der Waals surface area contributed by atoms with E-state index in [0.717, 1.165) is 66.0 Å². The number of imidazole rings is 1. The van der Waals surface area contributed by atoms with Gasteiger partial charge in [-0.25, -0.2) is 13.8 Å². The highest BCUT2D eigenvalue weighted by Gasteiger charge is 2.36.